The van der Waals surface area contributed by atoms with E-state index in [-0.39, 0.29) is 23.9 Å². The third-order valence-electron chi connectivity index (χ3n) is 4.94. The van der Waals surface area contributed by atoms with Crippen molar-refractivity contribution in [1.82, 2.24) is 4.98 Å². The molecule has 0 radical (unpaired) electrons. The largest absolute Gasteiger partial charge is 0.488 e. The molecule has 1 aromatic carbocycles. The predicted molar refractivity (Wildman–Crippen MR) is 135 cm³/mol. The lowest BCUT2D eigenvalue weighted by Crippen LogP contribution is -2.18. The van der Waals surface area contributed by atoms with E-state index in [1.807, 2.05) is 19.9 Å². The average Bonchev–Trinajstić information content (AvgIpc) is 2.80. The molecule has 0 bridgehead atoms. The number of aryl methyl sites for hydroxylation is 2. The second-order valence-electron chi connectivity index (χ2n) is 7.78. The van der Waals surface area contributed by atoms with Crippen molar-refractivity contribution < 1.29 is 32.7 Å². The molecule has 2 rings (SSSR count). The number of halogens is 1. The summed E-state index contributed by atoms with van der Waals surface area (Å²) in [6, 6.07) is 6.31. The van der Waals surface area contributed by atoms with Crippen LogP contribution in [0, 0.1) is 13.8 Å². The van der Waals surface area contributed by atoms with Gasteiger partial charge in [-0.15, -0.1) is 0 Å². The Bertz CT molecular complexity index is 1150. The number of rotatable bonds is 11. The summed E-state index contributed by atoms with van der Waals surface area (Å²) in [6.07, 6.45) is 1.80. The van der Waals surface area contributed by atoms with Gasteiger partial charge < -0.3 is 23.8 Å². The van der Waals surface area contributed by atoms with Crippen LogP contribution in [0.1, 0.15) is 46.0 Å². The number of ether oxygens (including phenoxy) is 2. The molecule has 0 atom stereocenters. The van der Waals surface area contributed by atoms with Crippen LogP contribution >= 0.6 is 19.2 Å². The van der Waals surface area contributed by atoms with Gasteiger partial charge in [0, 0.05) is 26.0 Å². The molecule has 0 spiro atoms. The van der Waals surface area contributed by atoms with Crippen LogP contribution in [-0.2, 0) is 18.3 Å². The number of amides is 1. The van der Waals surface area contributed by atoms with Crippen molar-refractivity contribution in [2.24, 2.45) is 0 Å². The molecule has 0 saturated carbocycles. The van der Waals surface area contributed by atoms with E-state index in [1.165, 1.54) is 20.3 Å². The monoisotopic (exact) mass is 524 g/mol. The maximum Gasteiger partial charge on any atom is 0.340 e. The van der Waals surface area contributed by atoms with Crippen molar-refractivity contribution in [3.8, 4) is 5.75 Å². The van der Waals surface area contributed by atoms with Crippen LogP contribution in [-0.4, -0.2) is 50.5 Å². The molecule has 1 heterocycles. The summed E-state index contributed by atoms with van der Waals surface area (Å²) in [5.41, 5.74) is 2.72. The van der Waals surface area contributed by atoms with E-state index in [2.05, 4.69) is 10.3 Å². The van der Waals surface area contributed by atoms with E-state index >= 15 is 0 Å². The molecule has 35 heavy (non-hydrogen) atoms. The van der Waals surface area contributed by atoms with Crippen LogP contribution in [0.4, 0.5) is 5.69 Å². The highest BCUT2D eigenvalue weighted by Gasteiger charge is 2.23. The molecular formula is C24H30ClN2O7P. The zero-order chi connectivity index (χ0) is 26.2. The normalized spacial score (nSPS) is 11.1. The zero-order valence-corrected chi connectivity index (χ0v) is 22.3. The van der Waals surface area contributed by atoms with Crippen LogP contribution < -0.4 is 10.1 Å². The second kappa shape index (κ2) is 12.8. The fraction of sp³-hybridized carbons (Fsp3) is 0.375. The van der Waals surface area contributed by atoms with Crippen LogP contribution in [0.15, 0.2) is 35.9 Å². The van der Waals surface area contributed by atoms with Gasteiger partial charge in [-0.2, -0.15) is 0 Å². The first kappa shape index (κ1) is 28.5. The quantitative estimate of drug-likeness (QED) is 0.230. The summed E-state index contributed by atoms with van der Waals surface area (Å²) < 4.78 is 32.6. The molecule has 2 aromatic rings. The standard InChI is InChI=1S/C24H30ClN2O7P/c1-15(2)9-10-33-22-13-18(7-8-21(22)25)27-23(28)19-14-20(17(4)26-16(19)3)24(29)34-11-12-35(30,31-5)32-6/h7-9,13-14H,10-12H2,1-6H3,(H,27,28). The van der Waals surface area contributed by atoms with E-state index in [4.69, 9.17) is 30.1 Å². The Morgan fingerprint density at radius 1 is 1.09 bits per heavy atom. The van der Waals surface area contributed by atoms with Crippen molar-refractivity contribution in [2.45, 2.75) is 27.7 Å². The fourth-order valence-electron chi connectivity index (χ4n) is 2.93. The highest BCUT2D eigenvalue weighted by Crippen LogP contribution is 2.45. The number of nitrogens with zero attached hydrogens (tertiary/aromatic N) is 1. The lowest BCUT2D eigenvalue weighted by atomic mass is 10.1. The number of anilines is 1. The fourth-order valence-corrected chi connectivity index (χ4v) is 3.94. The lowest BCUT2D eigenvalue weighted by Gasteiger charge is -2.15. The number of benzene rings is 1. The van der Waals surface area contributed by atoms with Gasteiger partial charge in [-0.05, 0) is 52.0 Å². The third-order valence-corrected chi connectivity index (χ3v) is 7.10. The summed E-state index contributed by atoms with van der Waals surface area (Å²) in [7, 11) is -0.805. The van der Waals surface area contributed by atoms with Gasteiger partial charge in [-0.1, -0.05) is 17.2 Å². The number of hydrogen-bond donors (Lipinski definition) is 1. The first-order valence-corrected chi connectivity index (χ1v) is 12.8. The molecule has 0 aliphatic carbocycles. The van der Waals surface area contributed by atoms with Gasteiger partial charge in [0.2, 0.25) is 0 Å². The maximum absolute atomic E-state index is 13.0. The first-order chi connectivity index (χ1) is 16.5. The van der Waals surface area contributed by atoms with E-state index < -0.39 is 19.5 Å². The Hall–Kier alpha value is -2.71. The molecule has 11 heteroatoms. The zero-order valence-electron chi connectivity index (χ0n) is 20.6. The van der Waals surface area contributed by atoms with Crippen LogP contribution in [0.2, 0.25) is 5.02 Å². The van der Waals surface area contributed by atoms with Crippen LogP contribution in [0.25, 0.3) is 0 Å². The number of allylic oxidation sites excluding steroid dienone is 1. The molecule has 0 saturated heterocycles. The summed E-state index contributed by atoms with van der Waals surface area (Å²) in [6.45, 7) is 7.38. The lowest BCUT2D eigenvalue weighted by molar-refractivity contribution is 0.0522. The molecule has 1 N–H and O–H groups in total. The molecule has 190 valence electrons. The summed E-state index contributed by atoms with van der Waals surface area (Å²) in [4.78, 5) is 29.9. The van der Waals surface area contributed by atoms with E-state index in [1.54, 1.807) is 32.0 Å². The average molecular weight is 525 g/mol. The Morgan fingerprint density at radius 2 is 1.74 bits per heavy atom. The van der Waals surface area contributed by atoms with Gasteiger partial charge in [0.1, 0.15) is 19.0 Å². The topological polar surface area (TPSA) is 113 Å². The van der Waals surface area contributed by atoms with Crippen molar-refractivity contribution in [2.75, 3.05) is 38.9 Å². The Morgan fingerprint density at radius 3 is 2.37 bits per heavy atom. The van der Waals surface area contributed by atoms with Gasteiger partial charge in [-0.3, -0.25) is 14.3 Å². The van der Waals surface area contributed by atoms with Crippen molar-refractivity contribution in [1.29, 1.82) is 0 Å². The minimum Gasteiger partial charge on any atom is -0.488 e. The summed E-state index contributed by atoms with van der Waals surface area (Å²) >= 11 is 6.20. The van der Waals surface area contributed by atoms with Gasteiger partial charge in [0.25, 0.3) is 5.91 Å². The minimum absolute atomic E-state index is 0.105. The number of aromatic nitrogens is 1. The Labute approximate surface area is 210 Å². The summed E-state index contributed by atoms with van der Waals surface area (Å²) in [5.74, 6) is -0.747. The molecule has 1 amide bonds. The van der Waals surface area contributed by atoms with E-state index in [0.29, 0.717) is 34.5 Å². The van der Waals surface area contributed by atoms with Crippen molar-refractivity contribution in [3.63, 3.8) is 0 Å². The van der Waals surface area contributed by atoms with Gasteiger partial charge in [0.15, 0.2) is 0 Å². The molecule has 0 fully saturated rings. The number of esters is 1. The third kappa shape index (κ3) is 8.18. The number of carbonyl (C=O) groups is 2. The minimum atomic E-state index is -3.31. The predicted octanol–water partition coefficient (Wildman–Crippen LogP) is 5.59. The first-order valence-electron chi connectivity index (χ1n) is 10.7. The van der Waals surface area contributed by atoms with Gasteiger partial charge in [0.05, 0.1) is 33.7 Å². The molecule has 0 unspecified atom stereocenters. The number of pyridine rings is 1. The SMILES string of the molecule is COP(=O)(CCOC(=O)c1cc(C(=O)Nc2ccc(Cl)c(OCC=C(C)C)c2)c(C)nc1C)OC. The highest BCUT2D eigenvalue weighted by molar-refractivity contribution is 7.53. The smallest absolute Gasteiger partial charge is 0.340 e. The molecule has 0 aliphatic heterocycles. The van der Waals surface area contributed by atoms with Gasteiger partial charge >= 0.3 is 13.6 Å². The van der Waals surface area contributed by atoms with Crippen molar-refractivity contribution in [3.05, 3.63) is 63.5 Å². The van der Waals surface area contributed by atoms with Crippen molar-refractivity contribution >= 4 is 36.8 Å². The molecule has 1 aromatic heterocycles. The number of carbonyl (C=O) groups excluding carboxylic acids is 2. The maximum atomic E-state index is 13.0. The van der Waals surface area contributed by atoms with Crippen LogP contribution in [0.5, 0.6) is 5.75 Å². The second-order valence-corrected chi connectivity index (χ2v) is 10.6. The number of hydrogen-bond acceptors (Lipinski definition) is 8. The Balaban J connectivity index is 2.17. The summed E-state index contributed by atoms with van der Waals surface area (Å²) in [5, 5.41) is 3.19. The van der Waals surface area contributed by atoms with Crippen LogP contribution in [0.3, 0.4) is 0 Å². The van der Waals surface area contributed by atoms with E-state index in [9.17, 15) is 14.2 Å². The number of nitrogens with one attached hydrogen (secondary N) is 1. The molecular weight excluding hydrogens is 495 g/mol. The van der Waals surface area contributed by atoms with Gasteiger partial charge in [-0.25, -0.2) is 4.79 Å². The molecule has 0 aliphatic rings. The molecule has 9 nitrogen and oxygen atoms in total. The highest BCUT2D eigenvalue weighted by atomic mass is 35.5. The Kier molecular flexibility index (Phi) is 10.5. The van der Waals surface area contributed by atoms with E-state index in [0.717, 1.165) is 5.57 Å².